The third-order valence-corrected chi connectivity index (χ3v) is 10.7. The van der Waals surface area contributed by atoms with Gasteiger partial charge in [-0.05, 0) is 91.1 Å². The number of aryl methyl sites for hydroxylation is 1. The highest BCUT2D eigenvalue weighted by Crippen LogP contribution is 2.41. The Morgan fingerprint density at radius 3 is 2.61 bits per heavy atom. The van der Waals surface area contributed by atoms with E-state index in [1.165, 1.54) is 19.0 Å². The Labute approximate surface area is 266 Å². The monoisotopic (exact) mass is 612 g/mol. The minimum absolute atomic E-state index is 0.00388. The van der Waals surface area contributed by atoms with Crippen LogP contribution in [0.3, 0.4) is 0 Å². The number of hydrogen-bond acceptors (Lipinski definition) is 5. The van der Waals surface area contributed by atoms with Gasteiger partial charge < -0.3 is 29.7 Å². The average molecular weight is 613 g/mol. The number of nitrogens with zero attached hydrogens (tertiary/aromatic N) is 5. The molecular formula is C37H36N6O3. The molecule has 9 rings (SSSR count). The maximum atomic E-state index is 13.8. The molecule has 2 saturated carbocycles. The van der Waals surface area contributed by atoms with Crippen molar-refractivity contribution < 1.29 is 14.3 Å². The number of likely N-dealkylation sites (tertiary alicyclic amines) is 1. The molecule has 2 N–H and O–H groups in total. The number of methoxy groups -OCH3 is 1. The molecule has 232 valence electrons. The Morgan fingerprint density at radius 1 is 1.02 bits per heavy atom. The second kappa shape index (κ2) is 10.1. The molecule has 9 nitrogen and oxygen atoms in total. The van der Waals surface area contributed by atoms with Crippen molar-refractivity contribution in [2.75, 3.05) is 13.7 Å². The van der Waals surface area contributed by atoms with Gasteiger partial charge in [0.05, 0.1) is 18.3 Å². The smallest absolute Gasteiger partial charge is 0.254 e. The molecule has 1 amide bonds. The lowest BCUT2D eigenvalue weighted by Crippen LogP contribution is -2.41. The Hall–Kier alpha value is -4.89. The molecule has 1 saturated heterocycles. The molecule has 3 aliphatic rings. The van der Waals surface area contributed by atoms with Gasteiger partial charge in [-0.2, -0.15) is 4.73 Å². The lowest BCUT2D eigenvalue weighted by molar-refractivity contribution is -0.577. The van der Waals surface area contributed by atoms with Gasteiger partial charge in [0, 0.05) is 66.2 Å². The largest absolute Gasteiger partial charge is 0.618 e. The fourth-order valence-electron chi connectivity index (χ4n) is 8.01. The van der Waals surface area contributed by atoms with Gasteiger partial charge >= 0.3 is 0 Å². The number of imidazole rings is 1. The normalized spacial score (nSPS) is 20.8. The van der Waals surface area contributed by atoms with E-state index in [1.807, 2.05) is 42.3 Å². The third-order valence-electron chi connectivity index (χ3n) is 10.7. The quantitative estimate of drug-likeness (QED) is 0.194. The summed E-state index contributed by atoms with van der Waals surface area (Å²) in [6.07, 6.45) is 6.05. The van der Waals surface area contributed by atoms with Crippen LogP contribution in [0.2, 0.25) is 0 Å². The Morgan fingerprint density at radius 2 is 1.85 bits per heavy atom. The van der Waals surface area contributed by atoms with Crippen molar-refractivity contribution in [2.24, 2.45) is 24.6 Å². The molecule has 3 aromatic heterocycles. The number of piperidine rings is 1. The van der Waals surface area contributed by atoms with Crippen LogP contribution in [0.25, 0.3) is 55.5 Å². The van der Waals surface area contributed by atoms with Gasteiger partial charge in [-0.25, -0.2) is 4.98 Å². The molecule has 3 fully saturated rings. The summed E-state index contributed by atoms with van der Waals surface area (Å²) in [5.74, 6) is 2.51. The van der Waals surface area contributed by atoms with Gasteiger partial charge in [-0.1, -0.05) is 12.1 Å². The van der Waals surface area contributed by atoms with Gasteiger partial charge in [0.15, 0.2) is 12.0 Å². The van der Waals surface area contributed by atoms with Gasteiger partial charge in [-0.3, -0.25) is 4.79 Å². The van der Waals surface area contributed by atoms with Crippen LogP contribution in [0.1, 0.15) is 36.0 Å². The molecule has 3 aromatic carbocycles. The van der Waals surface area contributed by atoms with E-state index >= 15 is 0 Å². The summed E-state index contributed by atoms with van der Waals surface area (Å²) in [6.45, 7) is 1.64. The average Bonchev–Trinajstić information content (AvgIpc) is 3.47. The highest BCUT2D eigenvalue weighted by molar-refractivity contribution is 6.01. The number of fused-ring (bicyclic) bond motifs is 5. The molecule has 0 radical (unpaired) electrons. The van der Waals surface area contributed by atoms with E-state index in [-0.39, 0.29) is 18.0 Å². The molecule has 9 heteroatoms. The highest BCUT2D eigenvalue weighted by Gasteiger charge is 2.47. The van der Waals surface area contributed by atoms with E-state index in [1.54, 1.807) is 13.2 Å². The Balaban J connectivity index is 1.15. The predicted molar refractivity (Wildman–Crippen MR) is 178 cm³/mol. The van der Waals surface area contributed by atoms with E-state index in [9.17, 15) is 10.0 Å². The molecular weight excluding hydrogens is 576 g/mol. The van der Waals surface area contributed by atoms with Crippen LogP contribution < -0.4 is 15.2 Å². The Bertz CT molecular complexity index is 2210. The maximum absolute atomic E-state index is 13.8. The minimum Gasteiger partial charge on any atom is -0.618 e. The van der Waals surface area contributed by atoms with Crippen LogP contribution in [0.4, 0.5) is 0 Å². The molecule has 2 unspecified atom stereocenters. The van der Waals surface area contributed by atoms with Crippen LogP contribution >= 0.6 is 0 Å². The first-order valence-corrected chi connectivity index (χ1v) is 16.2. The lowest BCUT2D eigenvalue weighted by Gasteiger charge is -2.27. The number of carbonyl (C=O) groups is 1. The van der Waals surface area contributed by atoms with E-state index in [0.29, 0.717) is 28.7 Å². The maximum Gasteiger partial charge on any atom is 0.254 e. The zero-order chi connectivity index (χ0) is 31.3. The van der Waals surface area contributed by atoms with Crippen molar-refractivity contribution in [1.82, 2.24) is 19.0 Å². The summed E-state index contributed by atoms with van der Waals surface area (Å²) in [7, 11) is 3.67. The van der Waals surface area contributed by atoms with Crippen LogP contribution in [0.15, 0.2) is 72.9 Å². The zero-order valence-electron chi connectivity index (χ0n) is 26.0. The van der Waals surface area contributed by atoms with Crippen molar-refractivity contribution in [3.8, 4) is 28.4 Å². The summed E-state index contributed by atoms with van der Waals surface area (Å²) < 4.78 is 11.3. The molecule has 4 heterocycles. The van der Waals surface area contributed by atoms with Gasteiger partial charge in [0.2, 0.25) is 5.52 Å². The SMILES string of the molecule is COc1cc(C(=O)N2CC3CCC2[C@@H]3N)cc2nc(-c3cc4ccc(-c5ccc6c(ccc[n+]6[O-])c5)cc4n3CC3CC3)n(C)c12. The van der Waals surface area contributed by atoms with Crippen molar-refractivity contribution in [3.05, 3.63) is 83.7 Å². The van der Waals surface area contributed by atoms with E-state index < -0.39 is 0 Å². The fraction of sp³-hybridized carbons (Fsp3) is 0.324. The molecule has 6 aromatic rings. The zero-order valence-corrected chi connectivity index (χ0v) is 26.0. The van der Waals surface area contributed by atoms with E-state index in [0.717, 1.165) is 80.6 Å². The third kappa shape index (κ3) is 4.14. The van der Waals surface area contributed by atoms with Crippen LogP contribution in [-0.2, 0) is 13.6 Å². The second-order valence-corrected chi connectivity index (χ2v) is 13.4. The second-order valence-electron chi connectivity index (χ2n) is 13.4. The Kier molecular flexibility index (Phi) is 5.99. The van der Waals surface area contributed by atoms with Gasteiger partial charge in [0.25, 0.3) is 5.91 Å². The van der Waals surface area contributed by atoms with Crippen molar-refractivity contribution in [2.45, 2.75) is 44.3 Å². The molecule has 1 aliphatic heterocycles. The minimum atomic E-state index is 0.00388. The number of pyridine rings is 1. The number of amides is 1. The first-order valence-electron chi connectivity index (χ1n) is 16.2. The summed E-state index contributed by atoms with van der Waals surface area (Å²) in [4.78, 5) is 20.9. The molecule has 0 spiro atoms. The first-order chi connectivity index (χ1) is 22.4. The topological polar surface area (TPSA) is 105 Å². The van der Waals surface area contributed by atoms with Crippen molar-refractivity contribution in [3.63, 3.8) is 0 Å². The van der Waals surface area contributed by atoms with E-state index in [4.69, 9.17) is 15.5 Å². The van der Waals surface area contributed by atoms with E-state index in [2.05, 4.69) is 39.5 Å². The van der Waals surface area contributed by atoms with Gasteiger partial charge in [-0.15, -0.1) is 0 Å². The summed E-state index contributed by atoms with van der Waals surface area (Å²) in [5.41, 5.74) is 13.7. The van der Waals surface area contributed by atoms with Crippen molar-refractivity contribution in [1.29, 1.82) is 0 Å². The lowest BCUT2D eigenvalue weighted by atomic mass is 10.0. The predicted octanol–water partition coefficient (Wildman–Crippen LogP) is 5.63. The number of benzene rings is 3. The number of nitrogens with two attached hydrogens (primary N) is 1. The number of aromatic nitrogens is 4. The number of ether oxygens (including phenoxy) is 1. The highest BCUT2D eigenvalue weighted by atomic mass is 16.5. The van der Waals surface area contributed by atoms with Crippen LogP contribution in [0, 0.1) is 17.0 Å². The number of carbonyl (C=O) groups excluding carboxylic acids is 1. The number of hydrogen-bond donors (Lipinski definition) is 1. The summed E-state index contributed by atoms with van der Waals surface area (Å²) in [5, 5.41) is 14.3. The molecule has 3 atom stereocenters. The summed E-state index contributed by atoms with van der Waals surface area (Å²) >= 11 is 0. The van der Waals surface area contributed by atoms with Crippen LogP contribution in [-0.4, -0.2) is 50.7 Å². The summed E-state index contributed by atoms with van der Waals surface area (Å²) in [6, 6.07) is 22.5. The molecule has 2 aliphatic carbocycles. The first kappa shape index (κ1) is 27.4. The van der Waals surface area contributed by atoms with Gasteiger partial charge in [0.1, 0.15) is 11.3 Å². The molecule has 46 heavy (non-hydrogen) atoms. The standard InChI is InChI=1S/C37H36N6O3/c1-40-35-28(15-27(18-33(35)46-2)37(44)42-20-26-10-12-30(42)34(26)38)39-36(40)32-17-25-8-7-23(16-31(25)41(32)19-21-5-6-21)22-9-11-29-24(14-22)4-3-13-43(29)45/h3-4,7-9,11,13-18,21,26,30,34H,5-6,10,12,19-20,38H2,1-2H3/t26?,30?,34-/m1/s1. The molecule has 2 bridgehead atoms. The number of rotatable bonds is 6. The fourth-order valence-corrected chi connectivity index (χ4v) is 8.01. The van der Waals surface area contributed by atoms with Crippen LogP contribution in [0.5, 0.6) is 5.75 Å². The van der Waals surface area contributed by atoms with Crippen molar-refractivity contribution >= 4 is 38.7 Å².